The average molecular weight is 479 g/mol. The first kappa shape index (κ1) is 21.2. The molecule has 0 bridgehead atoms. The highest BCUT2D eigenvalue weighted by Crippen LogP contribution is 2.36. The van der Waals surface area contributed by atoms with Crippen LogP contribution in [0.3, 0.4) is 0 Å². The molecule has 5 aromatic heterocycles. The van der Waals surface area contributed by atoms with E-state index in [2.05, 4.69) is 78.3 Å². The van der Waals surface area contributed by atoms with Crippen LogP contribution in [0.5, 0.6) is 0 Å². The number of fused-ring (bicyclic) bond motifs is 2. The van der Waals surface area contributed by atoms with Gasteiger partial charge in [0.05, 0.1) is 23.3 Å². The maximum Gasteiger partial charge on any atom is 0.224 e. The lowest BCUT2D eigenvalue weighted by Crippen LogP contribution is -2.10. The molecule has 3 N–H and O–H groups in total. The van der Waals surface area contributed by atoms with Gasteiger partial charge in [-0.1, -0.05) is 25.1 Å². The van der Waals surface area contributed by atoms with Crippen LogP contribution in [-0.4, -0.2) is 31.1 Å². The fourth-order valence-electron chi connectivity index (χ4n) is 4.32. The van der Waals surface area contributed by atoms with Crippen molar-refractivity contribution in [3.63, 3.8) is 0 Å². The minimum Gasteiger partial charge on any atom is -0.353 e. The van der Waals surface area contributed by atoms with Gasteiger partial charge in [0, 0.05) is 56.7 Å². The Labute approximate surface area is 205 Å². The number of nitrogens with one attached hydrogen (secondary N) is 3. The van der Waals surface area contributed by atoms with Crippen LogP contribution in [0.4, 0.5) is 5.69 Å². The van der Waals surface area contributed by atoms with E-state index in [1.807, 2.05) is 13.0 Å². The monoisotopic (exact) mass is 478 g/mol. The molecule has 35 heavy (non-hydrogen) atoms. The normalized spacial score (nSPS) is 11.3. The van der Waals surface area contributed by atoms with Gasteiger partial charge in [-0.05, 0) is 42.1 Å². The number of benzene rings is 1. The van der Waals surface area contributed by atoms with Gasteiger partial charge in [-0.25, -0.2) is 4.98 Å². The maximum atomic E-state index is 12.0. The lowest BCUT2D eigenvalue weighted by molar-refractivity contribution is -0.116. The Morgan fingerprint density at radius 1 is 1.03 bits per heavy atom. The molecule has 1 aromatic carbocycles. The second-order valence-corrected chi connectivity index (χ2v) is 9.33. The quantitative estimate of drug-likeness (QED) is 0.250. The van der Waals surface area contributed by atoms with Crippen molar-refractivity contribution in [2.24, 2.45) is 0 Å². The second kappa shape index (κ2) is 8.81. The summed E-state index contributed by atoms with van der Waals surface area (Å²) in [6.07, 6.45) is 6.48. The maximum absolute atomic E-state index is 12.0. The van der Waals surface area contributed by atoms with Gasteiger partial charge in [0.15, 0.2) is 5.65 Å². The molecule has 0 radical (unpaired) electrons. The summed E-state index contributed by atoms with van der Waals surface area (Å²) in [4.78, 5) is 25.7. The first-order valence-corrected chi connectivity index (χ1v) is 12.3. The first-order chi connectivity index (χ1) is 17.2. The molecule has 0 aliphatic rings. The molecule has 0 aliphatic heterocycles. The molecule has 0 spiro atoms. The number of nitrogens with zero attached hydrogens (tertiary/aromatic N) is 3. The molecule has 6 rings (SSSR count). The predicted octanol–water partition coefficient (Wildman–Crippen LogP) is 6.64. The molecular formula is C27H22N6OS. The highest BCUT2D eigenvalue weighted by Gasteiger charge is 2.15. The van der Waals surface area contributed by atoms with Crippen molar-refractivity contribution < 1.29 is 4.79 Å². The van der Waals surface area contributed by atoms with E-state index in [0.717, 1.165) is 45.2 Å². The van der Waals surface area contributed by atoms with Crippen molar-refractivity contribution in [3.8, 4) is 33.0 Å². The number of H-pyrrole nitrogens is 2. The third kappa shape index (κ3) is 3.98. The van der Waals surface area contributed by atoms with Gasteiger partial charge >= 0.3 is 0 Å². The fourth-order valence-corrected chi connectivity index (χ4v) is 5.08. The number of aromatic nitrogens is 5. The molecule has 0 aliphatic carbocycles. The molecule has 1 amide bonds. The number of carbonyl (C=O) groups excluding carboxylic acids is 1. The summed E-state index contributed by atoms with van der Waals surface area (Å²) in [5, 5.41) is 14.7. The Kier molecular flexibility index (Phi) is 5.35. The minimum atomic E-state index is -0.0159. The van der Waals surface area contributed by atoms with Gasteiger partial charge in [0.2, 0.25) is 5.91 Å². The van der Waals surface area contributed by atoms with Crippen LogP contribution in [-0.2, 0) is 4.79 Å². The van der Waals surface area contributed by atoms with Crippen LogP contribution in [0.2, 0.25) is 0 Å². The Morgan fingerprint density at radius 2 is 1.94 bits per heavy atom. The van der Waals surface area contributed by atoms with Crippen molar-refractivity contribution in [1.29, 1.82) is 0 Å². The van der Waals surface area contributed by atoms with E-state index >= 15 is 0 Å². The van der Waals surface area contributed by atoms with Crippen LogP contribution in [0.25, 0.3) is 54.9 Å². The molecule has 0 fully saturated rings. The molecule has 0 saturated carbocycles. The van der Waals surface area contributed by atoms with E-state index in [1.54, 1.807) is 29.9 Å². The molecule has 0 unspecified atom stereocenters. The summed E-state index contributed by atoms with van der Waals surface area (Å²) in [5.74, 6) is -0.0159. The van der Waals surface area contributed by atoms with Gasteiger partial charge in [-0.15, -0.1) is 11.3 Å². The fraction of sp³-hybridized carbons (Fsp3) is 0.111. The topological polar surface area (TPSA) is 99.3 Å². The summed E-state index contributed by atoms with van der Waals surface area (Å²) >= 11 is 1.73. The van der Waals surface area contributed by atoms with Crippen molar-refractivity contribution in [1.82, 2.24) is 25.1 Å². The highest BCUT2D eigenvalue weighted by atomic mass is 32.1. The molecule has 172 valence electrons. The number of carbonyl (C=O) groups is 1. The summed E-state index contributed by atoms with van der Waals surface area (Å²) < 4.78 is 0. The second-order valence-electron chi connectivity index (χ2n) is 8.38. The molecule has 5 heterocycles. The Bertz CT molecular complexity index is 1660. The number of hydrogen-bond donors (Lipinski definition) is 3. The summed E-state index contributed by atoms with van der Waals surface area (Å²) in [6.45, 7) is 1.98. The van der Waals surface area contributed by atoms with E-state index < -0.39 is 0 Å². The largest absolute Gasteiger partial charge is 0.353 e. The van der Waals surface area contributed by atoms with Crippen LogP contribution in [0.1, 0.15) is 19.8 Å². The molecule has 0 atom stereocenters. The van der Waals surface area contributed by atoms with Crippen LogP contribution in [0, 0.1) is 0 Å². The molecule has 6 aromatic rings. The number of pyridine rings is 2. The van der Waals surface area contributed by atoms with Crippen molar-refractivity contribution >= 4 is 44.9 Å². The Morgan fingerprint density at radius 3 is 2.80 bits per heavy atom. The third-order valence-electron chi connectivity index (χ3n) is 5.96. The van der Waals surface area contributed by atoms with Crippen LogP contribution in [0.15, 0.2) is 72.5 Å². The lowest BCUT2D eigenvalue weighted by atomic mass is 10.1. The number of anilines is 1. The van der Waals surface area contributed by atoms with Crippen LogP contribution >= 0.6 is 11.3 Å². The van der Waals surface area contributed by atoms with Crippen LogP contribution < -0.4 is 5.32 Å². The SMILES string of the molecule is CCCC(=O)Nc1cncc(-c2cnc3n[nH]c(-c4cc5c(-c6cccs6)cccc5[nH]4)c3c2)c1. The van der Waals surface area contributed by atoms with Gasteiger partial charge in [-0.2, -0.15) is 5.10 Å². The highest BCUT2D eigenvalue weighted by molar-refractivity contribution is 7.13. The van der Waals surface area contributed by atoms with Crippen molar-refractivity contribution in [2.45, 2.75) is 19.8 Å². The zero-order chi connectivity index (χ0) is 23.8. The standard InChI is InChI=1S/C27H22N6OS/c1-2-5-25(34)30-18-10-16(13-28-15-18)17-11-21-26(32-33-27(21)29-14-17)23-12-20-19(24-8-4-9-35-24)6-3-7-22(20)31-23/h3-4,6-15,31H,2,5H2,1H3,(H,30,34)(H,29,32,33). The number of hydrogen-bond acceptors (Lipinski definition) is 5. The summed E-state index contributed by atoms with van der Waals surface area (Å²) in [6, 6.07) is 16.7. The van der Waals surface area contributed by atoms with Gasteiger partial charge in [0.25, 0.3) is 0 Å². The predicted molar refractivity (Wildman–Crippen MR) is 141 cm³/mol. The number of aromatic amines is 2. The molecule has 7 nitrogen and oxygen atoms in total. The van der Waals surface area contributed by atoms with E-state index in [9.17, 15) is 4.79 Å². The Hall–Kier alpha value is -4.30. The number of thiophene rings is 1. The van der Waals surface area contributed by atoms with E-state index in [4.69, 9.17) is 0 Å². The van der Waals surface area contributed by atoms with E-state index in [-0.39, 0.29) is 5.91 Å². The van der Waals surface area contributed by atoms with E-state index in [0.29, 0.717) is 17.8 Å². The molecule has 8 heteroatoms. The third-order valence-corrected chi connectivity index (χ3v) is 6.87. The summed E-state index contributed by atoms with van der Waals surface area (Å²) in [7, 11) is 0. The average Bonchev–Trinajstić information content (AvgIpc) is 3.63. The van der Waals surface area contributed by atoms with Gasteiger partial charge < -0.3 is 10.3 Å². The smallest absolute Gasteiger partial charge is 0.224 e. The van der Waals surface area contributed by atoms with Gasteiger partial charge in [0.1, 0.15) is 0 Å². The van der Waals surface area contributed by atoms with E-state index in [1.165, 1.54) is 10.4 Å². The van der Waals surface area contributed by atoms with Gasteiger partial charge in [-0.3, -0.25) is 14.9 Å². The zero-order valence-corrected chi connectivity index (χ0v) is 19.8. The first-order valence-electron chi connectivity index (χ1n) is 11.4. The van der Waals surface area contributed by atoms with Crippen molar-refractivity contribution in [2.75, 3.05) is 5.32 Å². The lowest BCUT2D eigenvalue weighted by Gasteiger charge is -2.07. The summed E-state index contributed by atoms with van der Waals surface area (Å²) in [5.41, 5.74) is 7.18. The number of amides is 1. The zero-order valence-electron chi connectivity index (χ0n) is 19.0. The number of rotatable bonds is 6. The minimum absolute atomic E-state index is 0.0159. The molecule has 0 saturated heterocycles. The molecular weight excluding hydrogens is 456 g/mol. The Balaban J connectivity index is 1.40. The van der Waals surface area contributed by atoms with Crippen molar-refractivity contribution in [3.05, 3.63) is 72.5 Å².